The molecule has 4 atom stereocenters. The molecule has 0 aromatic carbocycles. The number of carboxylic acid groups (broad SMARTS) is 2. The van der Waals surface area contributed by atoms with E-state index in [2.05, 4.69) is 10.6 Å². The van der Waals surface area contributed by atoms with Crippen LogP contribution in [0.25, 0.3) is 0 Å². The minimum absolute atomic E-state index is 0.0172. The van der Waals surface area contributed by atoms with E-state index in [1.807, 2.05) is 0 Å². The Morgan fingerprint density at radius 2 is 1.63 bits per heavy atom. The SMILES string of the molecule is NCCCCC(NC(=O)C(CCC(=O)O)NC(=O)C1CCCN1C(=O)C(N)CCC(N)=O)C(=O)O. The number of carbonyl (C=O) groups is 6. The van der Waals surface area contributed by atoms with Crippen LogP contribution in [-0.2, 0) is 28.8 Å². The van der Waals surface area contributed by atoms with E-state index in [1.165, 1.54) is 4.90 Å². The van der Waals surface area contributed by atoms with Gasteiger partial charge in [0.15, 0.2) is 0 Å². The lowest BCUT2D eigenvalue weighted by Crippen LogP contribution is -2.56. The van der Waals surface area contributed by atoms with Crippen LogP contribution in [0.5, 0.6) is 0 Å². The first-order valence-corrected chi connectivity index (χ1v) is 11.6. The number of carbonyl (C=O) groups excluding carboxylic acids is 4. The average Bonchev–Trinajstić information content (AvgIpc) is 3.28. The van der Waals surface area contributed by atoms with Crippen molar-refractivity contribution in [3.05, 3.63) is 0 Å². The van der Waals surface area contributed by atoms with Crippen LogP contribution in [0.2, 0.25) is 0 Å². The van der Waals surface area contributed by atoms with Gasteiger partial charge >= 0.3 is 11.9 Å². The minimum Gasteiger partial charge on any atom is -0.481 e. The molecule has 198 valence electrons. The van der Waals surface area contributed by atoms with E-state index in [1.54, 1.807) is 0 Å². The number of hydrogen-bond acceptors (Lipinski definition) is 8. The second-order valence-corrected chi connectivity index (χ2v) is 8.48. The van der Waals surface area contributed by atoms with Crippen LogP contribution in [0.4, 0.5) is 0 Å². The Labute approximate surface area is 202 Å². The molecule has 14 nitrogen and oxygen atoms in total. The summed E-state index contributed by atoms with van der Waals surface area (Å²) in [6.07, 6.45) is 1.13. The van der Waals surface area contributed by atoms with Gasteiger partial charge in [0.2, 0.25) is 23.6 Å². The number of nitrogens with one attached hydrogen (secondary N) is 2. The van der Waals surface area contributed by atoms with Crippen LogP contribution in [0.15, 0.2) is 0 Å². The Bertz CT molecular complexity index is 792. The first-order chi connectivity index (χ1) is 16.5. The smallest absolute Gasteiger partial charge is 0.326 e. The molecule has 4 amide bonds. The Hall–Kier alpha value is -3.26. The zero-order valence-corrected chi connectivity index (χ0v) is 19.6. The van der Waals surface area contributed by atoms with E-state index < -0.39 is 66.2 Å². The van der Waals surface area contributed by atoms with Gasteiger partial charge in [-0.05, 0) is 51.5 Å². The van der Waals surface area contributed by atoms with Crippen molar-refractivity contribution >= 4 is 35.6 Å². The number of nitrogens with zero attached hydrogens (tertiary/aromatic N) is 1. The topological polar surface area (TPSA) is 248 Å². The molecule has 0 aromatic heterocycles. The molecule has 0 spiro atoms. The minimum atomic E-state index is -1.32. The van der Waals surface area contributed by atoms with Crippen molar-refractivity contribution in [2.75, 3.05) is 13.1 Å². The van der Waals surface area contributed by atoms with E-state index >= 15 is 0 Å². The largest absolute Gasteiger partial charge is 0.481 e. The summed E-state index contributed by atoms with van der Waals surface area (Å²) in [5.41, 5.74) is 16.3. The van der Waals surface area contributed by atoms with Gasteiger partial charge in [-0.3, -0.25) is 24.0 Å². The lowest BCUT2D eigenvalue weighted by molar-refractivity contribution is -0.144. The molecular weight excluding hydrogens is 464 g/mol. The van der Waals surface area contributed by atoms with E-state index in [0.29, 0.717) is 32.2 Å². The van der Waals surface area contributed by atoms with Crippen molar-refractivity contribution in [3.63, 3.8) is 0 Å². The number of rotatable bonds is 16. The van der Waals surface area contributed by atoms with Crippen molar-refractivity contribution in [1.82, 2.24) is 15.5 Å². The quantitative estimate of drug-likeness (QED) is 0.111. The second-order valence-electron chi connectivity index (χ2n) is 8.48. The van der Waals surface area contributed by atoms with Crippen LogP contribution in [0.1, 0.15) is 57.8 Å². The molecule has 0 aliphatic carbocycles. The van der Waals surface area contributed by atoms with Crippen molar-refractivity contribution in [2.24, 2.45) is 17.2 Å². The average molecular weight is 501 g/mol. The maximum atomic E-state index is 13.0. The molecule has 1 saturated heterocycles. The van der Waals surface area contributed by atoms with Gasteiger partial charge in [-0.15, -0.1) is 0 Å². The predicted molar refractivity (Wildman–Crippen MR) is 122 cm³/mol. The summed E-state index contributed by atoms with van der Waals surface area (Å²) in [6, 6.07) is -4.53. The highest BCUT2D eigenvalue weighted by Crippen LogP contribution is 2.19. The molecule has 1 fully saturated rings. The molecule has 0 aromatic rings. The van der Waals surface area contributed by atoms with Gasteiger partial charge in [0.05, 0.1) is 6.04 Å². The van der Waals surface area contributed by atoms with Gasteiger partial charge in [0.25, 0.3) is 0 Å². The number of aliphatic carboxylic acids is 2. The summed E-state index contributed by atoms with van der Waals surface area (Å²) >= 11 is 0. The lowest BCUT2D eigenvalue weighted by Gasteiger charge is -2.28. The van der Waals surface area contributed by atoms with Crippen LogP contribution in [-0.4, -0.2) is 87.9 Å². The third-order valence-electron chi connectivity index (χ3n) is 5.70. The molecule has 4 unspecified atom stereocenters. The normalized spacial score (nSPS) is 17.8. The number of carboxylic acids is 2. The Balaban J connectivity index is 2.90. The Kier molecular flexibility index (Phi) is 12.7. The van der Waals surface area contributed by atoms with Gasteiger partial charge in [-0.2, -0.15) is 0 Å². The number of nitrogens with two attached hydrogens (primary N) is 3. The first-order valence-electron chi connectivity index (χ1n) is 11.6. The molecule has 1 aliphatic heterocycles. The maximum Gasteiger partial charge on any atom is 0.326 e. The van der Waals surface area contributed by atoms with E-state index in [0.717, 1.165) is 0 Å². The summed E-state index contributed by atoms with van der Waals surface area (Å²) in [7, 11) is 0. The molecule has 1 aliphatic rings. The fraction of sp³-hybridized carbons (Fsp3) is 0.714. The number of primary amides is 1. The number of likely N-dealkylation sites (tertiary alicyclic amines) is 1. The summed E-state index contributed by atoms with van der Waals surface area (Å²) in [4.78, 5) is 73.2. The molecule has 0 bridgehead atoms. The Morgan fingerprint density at radius 1 is 0.943 bits per heavy atom. The number of unbranched alkanes of at least 4 members (excludes halogenated alkanes) is 1. The van der Waals surface area contributed by atoms with Crippen LogP contribution in [0.3, 0.4) is 0 Å². The zero-order chi connectivity index (χ0) is 26.5. The highest BCUT2D eigenvalue weighted by Gasteiger charge is 2.38. The predicted octanol–water partition coefficient (Wildman–Crippen LogP) is -2.38. The Morgan fingerprint density at radius 3 is 2.20 bits per heavy atom. The highest BCUT2D eigenvalue weighted by atomic mass is 16.4. The van der Waals surface area contributed by atoms with Crippen molar-refractivity contribution in [2.45, 2.75) is 82.0 Å². The molecule has 10 N–H and O–H groups in total. The third kappa shape index (κ3) is 10.3. The van der Waals surface area contributed by atoms with Crippen molar-refractivity contribution in [1.29, 1.82) is 0 Å². The monoisotopic (exact) mass is 500 g/mol. The molecule has 35 heavy (non-hydrogen) atoms. The number of amides is 4. The zero-order valence-electron chi connectivity index (χ0n) is 19.6. The van der Waals surface area contributed by atoms with E-state index in [4.69, 9.17) is 22.3 Å². The molecular formula is C21H36N6O8. The van der Waals surface area contributed by atoms with Crippen molar-refractivity contribution < 1.29 is 39.0 Å². The van der Waals surface area contributed by atoms with Gasteiger partial charge < -0.3 is 42.9 Å². The van der Waals surface area contributed by atoms with Gasteiger partial charge in [-0.1, -0.05) is 0 Å². The molecule has 1 rings (SSSR count). The lowest BCUT2D eigenvalue weighted by atomic mass is 10.1. The van der Waals surface area contributed by atoms with Crippen LogP contribution >= 0.6 is 0 Å². The molecule has 1 heterocycles. The first kappa shape index (κ1) is 29.8. The van der Waals surface area contributed by atoms with Crippen LogP contribution in [0, 0.1) is 0 Å². The molecule has 14 heteroatoms. The fourth-order valence-electron chi connectivity index (χ4n) is 3.76. The summed E-state index contributed by atoms with van der Waals surface area (Å²) in [5.74, 6) is -5.14. The third-order valence-corrected chi connectivity index (χ3v) is 5.70. The summed E-state index contributed by atoms with van der Waals surface area (Å²) in [6.45, 7) is 0.607. The van der Waals surface area contributed by atoms with Gasteiger partial charge in [0.1, 0.15) is 18.1 Å². The summed E-state index contributed by atoms with van der Waals surface area (Å²) in [5, 5.41) is 23.2. The maximum absolute atomic E-state index is 13.0. The van der Waals surface area contributed by atoms with Crippen LogP contribution < -0.4 is 27.8 Å². The fourth-order valence-corrected chi connectivity index (χ4v) is 3.76. The highest BCUT2D eigenvalue weighted by molar-refractivity contribution is 5.94. The summed E-state index contributed by atoms with van der Waals surface area (Å²) < 4.78 is 0. The van der Waals surface area contributed by atoms with Gasteiger partial charge in [-0.25, -0.2) is 4.79 Å². The number of hydrogen-bond donors (Lipinski definition) is 7. The van der Waals surface area contributed by atoms with Gasteiger partial charge in [0, 0.05) is 19.4 Å². The second kappa shape index (κ2) is 14.9. The molecule has 0 saturated carbocycles. The van der Waals surface area contributed by atoms with Crippen molar-refractivity contribution in [3.8, 4) is 0 Å². The molecule has 0 radical (unpaired) electrons. The van der Waals surface area contributed by atoms with E-state index in [-0.39, 0.29) is 32.2 Å². The standard InChI is InChI=1S/C21H36N6O8/c22-10-2-1-4-14(21(34)35)26-18(31)13(7-9-17(29)30)25-19(32)15-5-3-11-27(15)20(33)12(23)6-8-16(24)28/h12-15H,1-11,22-23H2,(H2,24,28)(H,25,32)(H,26,31)(H,29,30)(H,34,35). The van der Waals surface area contributed by atoms with E-state index in [9.17, 15) is 33.9 Å².